The van der Waals surface area contributed by atoms with Crippen LogP contribution in [0.2, 0.25) is 0 Å². The SMILES string of the molecule is CCN(CC)C(=O)[C@@H]1C[C@@H](N)CN1C(=O)c1ccc(-c2ccc(C)cc2)o1. The number of rotatable bonds is 5. The van der Waals surface area contributed by atoms with E-state index in [1.54, 1.807) is 21.9 Å². The zero-order valence-corrected chi connectivity index (χ0v) is 16.1. The number of likely N-dealkylation sites (tertiary alicyclic amines) is 1. The van der Waals surface area contributed by atoms with E-state index in [0.29, 0.717) is 31.8 Å². The Hall–Kier alpha value is -2.60. The fraction of sp³-hybridized carbons (Fsp3) is 0.429. The third kappa shape index (κ3) is 3.90. The van der Waals surface area contributed by atoms with Crippen molar-refractivity contribution in [1.82, 2.24) is 9.80 Å². The van der Waals surface area contributed by atoms with Gasteiger partial charge in [-0.05, 0) is 39.3 Å². The van der Waals surface area contributed by atoms with Crippen molar-refractivity contribution >= 4 is 11.8 Å². The van der Waals surface area contributed by atoms with Gasteiger partial charge in [-0.2, -0.15) is 0 Å². The molecule has 3 rings (SSSR count). The van der Waals surface area contributed by atoms with E-state index in [1.807, 2.05) is 45.0 Å². The average Bonchev–Trinajstić information content (AvgIpc) is 3.30. The summed E-state index contributed by atoms with van der Waals surface area (Å²) < 4.78 is 5.80. The van der Waals surface area contributed by atoms with Crippen LogP contribution in [0.5, 0.6) is 0 Å². The van der Waals surface area contributed by atoms with E-state index in [1.165, 1.54) is 0 Å². The lowest BCUT2D eigenvalue weighted by Gasteiger charge is -2.28. The summed E-state index contributed by atoms with van der Waals surface area (Å²) in [5.41, 5.74) is 8.14. The quantitative estimate of drug-likeness (QED) is 0.879. The highest BCUT2D eigenvalue weighted by Crippen LogP contribution is 2.26. The molecule has 1 fully saturated rings. The van der Waals surface area contributed by atoms with Crippen LogP contribution in [0.1, 0.15) is 36.4 Å². The third-order valence-electron chi connectivity index (χ3n) is 5.11. The molecule has 144 valence electrons. The van der Waals surface area contributed by atoms with Gasteiger partial charge in [0, 0.05) is 31.2 Å². The molecule has 2 aromatic rings. The van der Waals surface area contributed by atoms with Crippen molar-refractivity contribution in [3.05, 3.63) is 47.7 Å². The van der Waals surface area contributed by atoms with Gasteiger partial charge in [-0.3, -0.25) is 9.59 Å². The lowest BCUT2D eigenvalue weighted by atomic mass is 10.1. The monoisotopic (exact) mass is 369 g/mol. The van der Waals surface area contributed by atoms with Crippen LogP contribution in [0.15, 0.2) is 40.8 Å². The molecule has 1 saturated heterocycles. The maximum atomic E-state index is 13.0. The maximum absolute atomic E-state index is 13.0. The molecule has 0 aliphatic carbocycles. The summed E-state index contributed by atoms with van der Waals surface area (Å²) in [4.78, 5) is 29.1. The van der Waals surface area contributed by atoms with Gasteiger partial charge in [-0.1, -0.05) is 29.8 Å². The average molecular weight is 369 g/mol. The van der Waals surface area contributed by atoms with Crippen molar-refractivity contribution in [2.24, 2.45) is 5.73 Å². The summed E-state index contributed by atoms with van der Waals surface area (Å²) in [6.07, 6.45) is 0.479. The van der Waals surface area contributed by atoms with E-state index in [-0.39, 0.29) is 23.6 Å². The number of hydrogen-bond acceptors (Lipinski definition) is 4. The first-order chi connectivity index (χ1) is 12.9. The molecule has 1 aliphatic rings. The van der Waals surface area contributed by atoms with Crippen LogP contribution in [0.25, 0.3) is 11.3 Å². The Morgan fingerprint density at radius 3 is 2.44 bits per heavy atom. The molecule has 0 unspecified atom stereocenters. The molecule has 27 heavy (non-hydrogen) atoms. The van der Waals surface area contributed by atoms with Crippen LogP contribution in [-0.2, 0) is 4.79 Å². The lowest BCUT2D eigenvalue weighted by Crippen LogP contribution is -2.47. The molecule has 1 aromatic heterocycles. The summed E-state index contributed by atoms with van der Waals surface area (Å²) in [7, 11) is 0. The van der Waals surface area contributed by atoms with Gasteiger partial charge in [0.2, 0.25) is 5.91 Å². The maximum Gasteiger partial charge on any atom is 0.290 e. The number of nitrogens with zero attached hydrogens (tertiary/aromatic N) is 2. The zero-order chi connectivity index (χ0) is 19.6. The topological polar surface area (TPSA) is 79.8 Å². The number of benzene rings is 1. The van der Waals surface area contributed by atoms with Gasteiger partial charge in [0.15, 0.2) is 5.76 Å². The van der Waals surface area contributed by atoms with Gasteiger partial charge in [0.1, 0.15) is 11.8 Å². The van der Waals surface area contributed by atoms with Crippen molar-refractivity contribution in [3.63, 3.8) is 0 Å². The van der Waals surface area contributed by atoms with Crippen LogP contribution in [0, 0.1) is 6.92 Å². The predicted octanol–water partition coefficient (Wildman–Crippen LogP) is 2.67. The van der Waals surface area contributed by atoms with Gasteiger partial charge in [0.25, 0.3) is 5.91 Å². The largest absolute Gasteiger partial charge is 0.451 e. The Bertz CT molecular complexity index is 808. The first-order valence-corrected chi connectivity index (χ1v) is 9.46. The van der Waals surface area contributed by atoms with Crippen molar-refractivity contribution in [3.8, 4) is 11.3 Å². The summed E-state index contributed by atoms with van der Waals surface area (Å²) in [6.45, 7) is 7.47. The van der Waals surface area contributed by atoms with E-state index < -0.39 is 6.04 Å². The molecule has 0 spiro atoms. The number of likely N-dealkylation sites (N-methyl/N-ethyl adjacent to an activating group) is 1. The summed E-state index contributed by atoms with van der Waals surface area (Å²) in [6, 6.07) is 10.6. The van der Waals surface area contributed by atoms with Gasteiger partial charge in [-0.25, -0.2) is 0 Å². The van der Waals surface area contributed by atoms with E-state index in [9.17, 15) is 9.59 Å². The van der Waals surface area contributed by atoms with E-state index in [0.717, 1.165) is 11.1 Å². The molecule has 2 atom stereocenters. The smallest absolute Gasteiger partial charge is 0.290 e. The van der Waals surface area contributed by atoms with Crippen LogP contribution in [0.4, 0.5) is 0 Å². The van der Waals surface area contributed by atoms with Gasteiger partial charge >= 0.3 is 0 Å². The van der Waals surface area contributed by atoms with Gasteiger partial charge in [-0.15, -0.1) is 0 Å². The molecule has 0 bridgehead atoms. The second-order valence-corrected chi connectivity index (χ2v) is 7.01. The van der Waals surface area contributed by atoms with E-state index >= 15 is 0 Å². The first kappa shape index (κ1) is 19.2. The fourth-order valence-electron chi connectivity index (χ4n) is 3.54. The third-order valence-corrected chi connectivity index (χ3v) is 5.11. The Balaban J connectivity index is 1.81. The van der Waals surface area contributed by atoms with Crippen LogP contribution >= 0.6 is 0 Å². The zero-order valence-electron chi connectivity index (χ0n) is 16.1. The first-order valence-electron chi connectivity index (χ1n) is 9.46. The minimum Gasteiger partial charge on any atom is -0.451 e. The summed E-state index contributed by atoms with van der Waals surface area (Å²) in [5.74, 6) is 0.531. The summed E-state index contributed by atoms with van der Waals surface area (Å²) in [5, 5.41) is 0. The van der Waals surface area contributed by atoms with Crippen LogP contribution < -0.4 is 5.73 Å². The van der Waals surface area contributed by atoms with Gasteiger partial charge in [0.05, 0.1) is 0 Å². The Morgan fingerprint density at radius 2 is 1.81 bits per heavy atom. The highest BCUT2D eigenvalue weighted by molar-refractivity contribution is 5.96. The predicted molar refractivity (Wildman–Crippen MR) is 104 cm³/mol. The van der Waals surface area contributed by atoms with Crippen molar-refractivity contribution in [2.45, 2.75) is 39.3 Å². The Kier molecular flexibility index (Phi) is 5.65. The second kappa shape index (κ2) is 7.96. The summed E-state index contributed by atoms with van der Waals surface area (Å²) >= 11 is 0. The molecule has 2 amide bonds. The fourth-order valence-corrected chi connectivity index (χ4v) is 3.54. The molecular formula is C21H27N3O3. The van der Waals surface area contributed by atoms with Crippen molar-refractivity contribution in [2.75, 3.05) is 19.6 Å². The Labute approximate surface area is 159 Å². The molecule has 2 heterocycles. The molecule has 0 saturated carbocycles. The number of hydrogen-bond donors (Lipinski definition) is 1. The normalized spacial score (nSPS) is 19.3. The van der Waals surface area contributed by atoms with Crippen LogP contribution in [-0.4, -0.2) is 53.3 Å². The molecule has 0 radical (unpaired) electrons. The lowest BCUT2D eigenvalue weighted by molar-refractivity contribution is -0.134. The number of nitrogens with two attached hydrogens (primary N) is 1. The number of carbonyl (C=O) groups is 2. The number of aryl methyl sites for hydroxylation is 1. The van der Waals surface area contributed by atoms with Crippen molar-refractivity contribution in [1.29, 1.82) is 0 Å². The second-order valence-electron chi connectivity index (χ2n) is 7.01. The highest BCUT2D eigenvalue weighted by Gasteiger charge is 2.40. The minimum atomic E-state index is -0.527. The highest BCUT2D eigenvalue weighted by atomic mass is 16.4. The number of carbonyl (C=O) groups excluding carboxylic acids is 2. The molecule has 1 aliphatic heterocycles. The van der Waals surface area contributed by atoms with Crippen molar-refractivity contribution < 1.29 is 14.0 Å². The molecule has 6 heteroatoms. The molecule has 6 nitrogen and oxygen atoms in total. The number of furan rings is 1. The molecule has 1 aromatic carbocycles. The molecular weight excluding hydrogens is 342 g/mol. The van der Waals surface area contributed by atoms with Gasteiger partial charge < -0.3 is 20.0 Å². The Morgan fingerprint density at radius 1 is 1.15 bits per heavy atom. The van der Waals surface area contributed by atoms with E-state index in [2.05, 4.69) is 0 Å². The minimum absolute atomic E-state index is 0.0494. The van der Waals surface area contributed by atoms with Crippen LogP contribution in [0.3, 0.4) is 0 Å². The number of amides is 2. The van der Waals surface area contributed by atoms with E-state index in [4.69, 9.17) is 10.2 Å². The standard InChI is InChI=1S/C21H27N3O3/c1-4-23(5-2)20(25)17-12-16(22)13-24(17)21(26)19-11-10-18(27-19)15-8-6-14(3)7-9-15/h6-11,16-17H,4-5,12-13,22H2,1-3H3/t16-,17+/m1/s1. The molecule has 2 N–H and O–H groups in total.